The van der Waals surface area contributed by atoms with Crippen molar-refractivity contribution in [2.75, 3.05) is 32.1 Å². The van der Waals surface area contributed by atoms with Crippen LogP contribution in [0.15, 0.2) is 41.8 Å². The SMILES string of the molecule is CCOc1nc(N)nc2c1ncn2[C@@H]1O[C@H](COP(=O)(NCCOC(C)=O)OC(C)c2ccccc2)[C@@H](O)[C@@]1(C)N=[N+]=[N-]. The van der Waals surface area contributed by atoms with Crippen molar-refractivity contribution in [1.82, 2.24) is 24.6 Å². The largest absolute Gasteiger partial charge is 0.476 e. The predicted molar refractivity (Wildman–Crippen MR) is 153 cm³/mol. The molecule has 1 aliphatic heterocycles. The number of aliphatic hydroxyl groups excluding tert-OH is 1. The smallest absolute Gasteiger partial charge is 0.406 e. The number of aliphatic hydroxyl groups is 1. The fourth-order valence-electron chi connectivity index (χ4n) is 4.55. The molecule has 3 heterocycles. The van der Waals surface area contributed by atoms with Crippen LogP contribution in [-0.2, 0) is 27.9 Å². The maximum atomic E-state index is 13.8. The lowest BCUT2D eigenvalue weighted by molar-refractivity contribution is -0.140. The minimum atomic E-state index is -4.09. The summed E-state index contributed by atoms with van der Waals surface area (Å²) >= 11 is 0. The van der Waals surface area contributed by atoms with Gasteiger partial charge in [-0.2, -0.15) is 9.97 Å². The van der Waals surface area contributed by atoms with Crippen molar-refractivity contribution in [3.8, 4) is 5.88 Å². The first-order valence-corrected chi connectivity index (χ1v) is 14.9. The Morgan fingerprint density at radius 1 is 1.37 bits per heavy atom. The molecule has 6 atom stereocenters. The topological polar surface area (TPSA) is 231 Å². The zero-order valence-electron chi connectivity index (χ0n) is 24.1. The zero-order valence-corrected chi connectivity index (χ0v) is 25.0. The van der Waals surface area contributed by atoms with Crippen LogP contribution >= 0.6 is 7.75 Å². The van der Waals surface area contributed by atoms with Crippen LogP contribution in [0.3, 0.4) is 0 Å². The molecular weight excluding hydrogens is 585 g/mol. The number of ether oxygens (including phenoxy) is 3. The van der Waals surface area contributed by atoms with E-state index in [1.54, 1.807) is 26.0 Å². The van der Waals surface area contributed by atoms with E-state index in [0.717, 1.165) is 5.56 Å². The van der Waals surface area contributed by atoms with Crippen molar-refractivity contribution in [2.45, 2.75) is 57.8 Å². The van der Waals surface area contributed by atoms with Crippen LogP contribution in [0.1, 0.15) is 45.6 Å². The van der Waals surface area contributed by atoms with Gasteiger partial charge in [0.05, 0.1) is 31.7 Å². The molecule has 3 aromatic rings. The summed E-state index contributed by atoms with van der Waals surface area (Å²) < 4.78 is 43.5. The number of fused-ring (bicyclic) bond motifs is 1. The second kappa shape index (κ2) is 13.7. The van der Waals surface area contributed by atoms with Crippen LogP contribution in [-0.4, -0.2) is 74.7 Å². The molecule has 2 unspecified atom stereocenters. The summed E-state index contributed by atoms with van der Waals surface area (Å²) in [5.74, 6) is -0.445. The van der Waals surface area contributed by atoms with Crippen LogP contribution in [0.2, 0.25) is 0 Å². The maximum absolute atomic E-state index is 13.8. The van der Waals surface area contributed by atoms with Gasteiger partial charge < -0.3 is 25.1 Å². The van der Waals surface area contributed by atoms with Crippen LogP contribution in [0.5, 0.6) is 5.88 Å². The number of hydrogen-bond donors (Lipinski definition) is 3. The summed E-state index contributed by atoms with van der Waals surface area (Å²) in [6.45, 7) is 5.93. The molecule has 0 saturated carbocycles. The van der Waals surface area contributed by atoms with E-state index >= 15 is 0 Å². The number of rotatable bonds is 14. The number of anilines is 1. The minimum absolute atomic E-state index is 0.0458. The van der Waals surface area contributed by atoms with Gasteiger partial charge in [-0.1, -0.05) is 35.4 Å². The highest BCUT2D eigenvalue weighted by Gasteiger charge is 2.55. The molecule has 0 bridgehead atoms. The first-order chi connectivity index (χ1) is 20.5. The highest BCUT2D eigenvalue weighted by atomic mass is 31.2. The number of carbonyl (C=O) groups excluding carboxylic acids is 1. The third-order valence-corrected chi connectivity index (χ3v) is 8.34. The molecule has 4 rings (SSSR count). The molecule has 0 radical (unpaired) electrons. The van der Waals surface area contributed by atoms with Gasteiger partial charge in [0.1, 0.15) is 18.2 Å². The van der Waals surface area contributed by atoms with E-state index in [2.05, 4.69) is 30.1 Å². The van der Waals surface area contributed by atoms with Gasteiger partial charge in [-0.25, -0.2) is 14.6 Å². The lowest BCUT2D eigenvalue weighted by Gasteiger charge is -2.28. The Balaban J connectivity index is 1.59. The lowest BCUT2D eigenvalue weighted by Crippen LogP contribution is -2.42. The van der Waals surface area contributed by atoms with Gasteiger partial charge in [-0.05, 0) is 31.9 Å². The summed E-state index contributed by atoms with van der Waals surface area (Å²) in [6.07, 6.45) is -3.01. The van der Waals surface area contributed by atoms with E-state index in [9.17, 15) is 20.0 Å². The van der Waals surface area contributed by atoms with Gasteiger partial charge in [-0.15, -0.1) is 0 Å². The van der Waals surface area contributed by atoms with Crippen molar-refractivity contribution in [1.29, 1.82) is 0 Å². The van der Waals surface area contributed by atoms with Crippen molar-refractivity contribution < 1.29 is 37.7 Å². The molecule has 18 heteroatoms. The number of azide groups is 1. The van der Waals surface area contributed by atoms with E-state index in [1.807, 2.05) is 18.2 Å². The Bertz CT molecular complexity index is 1520. The summed E-state index contributed by atoms with van der Waals surface area (Å²) in [5, 5.41) is 17.8. The van der Waals surface area contributed by atoms with E-state index in [4.69, 9.17) is 29.0 Å². The molecule has 0 amide bonds. The number of esters is 1. The number of carbonyl (C=O) groups is 1. The lowest BCUT2D eigenvalue weighted by atomic mass is 9.93. The van der Waals surface area contributed by atoms with Gasteiger partial charge in [0.2, 0.25) is 11.8 Å². The number of aromatic nitrogens is 4. The monoisotopic (exact) mass is 619 g/mol. The van der Waals surface area contributed by atoms with Crippen molar-refractivity contribution >= 4 is 30.8 Å². The molecule has 1 saturated heterocycles. The number of nitrogen functional groups attached to an aromatic ring is 1. The number of nitrogens with two attached hydrogens (primary N) is 1. The number of nitrogens with zero attached hydrogens (tertiary/aromatic N) is 7. The average molecular weight is 620 g/mol. The van der Waals surface area contributed by atoms with E-state index in [1.165, 1.54) is 24.7 Å². The fourth-order valence-corrected chi connectivity index (χ4v) is 6.03. The van der Waals surface area contributed by atoms with Gasteiger partial charge in [0.25, 0.3) is 0 Å². The van der Waals surface area contributed by atoms with E-state index < -0.39 is 50.4 Å². The van der Waals surface area contributed by atoms with Crippen LogP contribution in [0, 0.1) is 0 Å². The molecule has 0 aliphatic carbocycles. The van der Waals surface area contributed by atoms with Gasteiger partial charge in [0, 0.05) is 18.4 Å². The van der Waals surface area contributed by atoms with Crippen molar-refractivity contribution in [2.24, 2.45) is 5.11 Å². The Kier molecular flexibility index (Phi) is 10.2. The molecule has 232 valence electrons. The number of imidazole rings is 1. The van der Waals surface area contributed by atoms with Gasteiger partial charge >= 0.3 is 13.7 Å². The van der Waals surface area contributed by atoms with Gasteiger partial charge in [0.15, 0.2) is 17.4 Å². The third-order valence-electron chi connectivity index (χ3n) is 6.64. The number of nitrogens with one attached hydrogen (secondary N) is 1. The first-order valence-electron chi connectivity index (χ1n) is 13.4. The number of benzene rings is 1. The molecular formula is C25H34N9O8P. The standard InChI is InChI=1S/C25H34N9O8P/c1-5-38-22-19-21(30-24(26)31-22)34(14-28-19)23-25(4,32-33-27)20(36)18(41-23)13-40-43(37,29-11-12-39-16(3)35)42-15(2)17-9-7-6-8-10-17/h6-10,14-15,18,20,23,36H,5,11-13H2,1-4H3,(H,29,37)(H2,26,30,31)/t15?,18-,20-,23-,25-,43?/m1/s1. The molecule has 0 spiro atoms. The maximum Gasteiger partial charge on any atom is 0.406 e. The van der Waals surface area contributed by atoms with E-state index in [-0.39, 0.29) is 36.1 Å². The highest BCUT2D eigenvalue weighted by molar-refractivity contribution is 7.51. The highest BCUT2D eigenvalue weighted by Crippen LogP contribution is 2.50. The van der Waals surface area contributed by atoms with Gasteiger partial charge in [-0.3, -0.25) is 18.4 Å². The minimum Gasteiger partial charge on any atom is -0.476 e. The summed E-state index contributed by atoms with van der Waals surface area (Å²) in [6, 6.07) is 9.06. The Hall–Kier alpha value is -3.82. The Morgan fingerprint density at radius 2 is 2.12 bits per heavy atom. The zero-order chi connectivity index (χ0) is 31.2. The Morgan fingerprint density at radius 3 is 2.79 bits per heavy atom. The van der Waals surface area contributed by atoms with Crippen molar-refractivity contribution in [3.63, 3.8) is 0 Å². The molecule has 17 nitrogen and oxygen atoms in total. The molecule has 1 fully saturated rings. The summed E-state index contributed by atoms with van der Waals surface area (Å²) in [4.78, 5) is 26.7. The summed E-state index contributed by atoms with van der Waals surface area (Å²) in [7, 11) is -4.09. The van der Waals surface area contributed by atoms with E-state index in [0.29, 0.717) is 6.61 Å². The molecule has 2 aromatic heterocycles. The second-order valence-electron chi connectivity index (χ2n) is 9.73. The fraction of sp³-hybridized carbons (Fsp3) is 0.520. The molecule has 43 heavy (non-hydrogen) atoms. The first kappa shape index (κ1) is 32.1. The second-order valence-corrected chi connectivity index (χ2v) is 11.5. The van der Waals surface area contributed by atoms with Crippen molar-refractivity contribution in [3.05, 3.63) is 52.7 Å². The quantitative estimate of drug-likeness (QED) is 0.0588. The van der Waals surface area contributed by atoms with Crippen LogP contribution < -0.4 is 15.6 Å². The van der Waals surface area contributed by atoms with Crippen LogP contribution in [0.4, 0.5) is 5.95 Å². The Labute approximate surface area is 246 Å². The van der Waals surface area contributed by atoms with Crippen LogP contribution in [0.25, 0.3) is 21.6 Å². The average Bonchev–Trinajstić information content (AvgIpc) is 3.49. The molecule has 1 aliphatic rings. The predicted octanol–water partition coefficient (Wildman–Crippen LogP) is 3.19. The molecule has 4 N–H and O–H groups in total. The third kappa shape index (κ3) is 7.22. The normalized spacial score (nSPS) is 23.8. The molecule has 1 aromatic carbocycles. The summed E-state index contributed by atoms with van der Waals surface area (Å²) in [5.41, 5.74) is 14.9. The number of hydrogen-bond acceptors (Lipinski definition) is 13.